The molecular weight excluding hydrogens is 318 g/mol. The zero-order chi connectivity index (χ0) is 16.2. The third-order valence-corrected chi connectivity index (χ3v) is 4.15. The lowest BCUT2D eigenvalue weighted by molar-refractivity contribution is 0.185. The Morgan fingerprint density at radius 3 is 3.22 bits per heavy atom. The number of hydrogen-bond donors (Lipinski definition) is 2. The van der Waals surface area contributed by atoms with Gasteiger partial charge in [0.05, 0.1) is 19.2 Å². The first-order valence-electron chi connectivity index (χ1n) is 7.38. The molecule has 7 nitrogen and oxygen atoms in total. The summed E-state index contributed by atoms with van der Waals surface area (Å²) in [5.41, 5.74) is 1.41. The van der Waals surface area contributed by atoms with Gasteiger partial charge in [0.1, 0.15) is 12.2 Å². The molecule has 2 amide bonds. The van der Waals surface area contributed by atoms with Crippen LogP contribution in [-0.2, 0) is 24.3 Å². The van der Waals surface area contributed by atoms with Crippen molar-refractivity contribution in [2.45, 2.75) is 32.0 Å². The molecule has 8 heteroatoms. The van der Waals surface area contributed by atoms with Crippen LogP contribution in [-0.4, -0.2) is 33.9 Å². The minimum absolute atomic E-state index is 0.0225. The summed E-state index contributed by atoms with van der Waals surface area (Å²) < 4.78 is 6.96. The second kappa shape index (κ2) is 6.97. The third kappa shape index (κ3) is 3.62. The van der Waals surface area contributed by atoms with Crippen molar-refractivity contribution in [2.24, 2.45) is 0 Å². The normalized spacial score (nSPS) is 16.7. The van der Waals surface area contributed by atoms with Crippen molar-refractivity contribution in [1.29, 1.82) is 0 Å². The highest BCUT2D eigenvalue weighted by molar-refractivity contribution is 6.31. The third-order valence-electron chi connectivity index (χ3n) is 3.80. The molecule has 0 aliphatic carbocycles. The van der Waals surface area contributed by atoms with E-state index in [0.717, 1.165) is 24.2 Å². The molecule has 1 aliphatic heterocycles. The maximum absolute atomic E-state index is 12.2. The van der Waals surface area contributed by atoms with Gasteiger partial charge in [-0.25, -0.2) is 14.5 Å². The quantitative estimate of drug-likeness (QED) is 0.897. The Hall–Kier alpha value is -2.12. The van der Waals surface area contributed by atoms with Gasteiger partial charge in [0.2, 0.25) is 0 Å². The number of fused-ring (bicyclic) bond motifs is 1. The molecule has 0 fully saturated rings. The van der Waals surface area contributed by atoms with E-state index in [9.17, 15) is 4.79 Å². The molecule has 1 aromatic carbocycles. The average molecular weight is 336 g/mol. The number of carbonyl (C=O) groups is 1. The van der Waals surface area contributed by atoms with E-state index in [0.29, 0.717) is 23.9 Å². The molecule has 2 aromatic rings. The second-order valence-electron chi connectivity index (χ2n) is 5.39. The standard InChI is InChI=1S/C15H18ClN5O2/c1-23-8-11-12(16)3-2-4-13(11)20-15(22)19-10-5-6-14-17-9-18-21(14)7-10/h2-4,9-10H,5-8H2,1H3,(H2,19,20,22)/t10-/m1/s1. The van der Waals surface area contributed by atoms with Crippen LogP contribution in [0.2, 0.25) is 5.02 Å². The van der Waals surface area contributed by atoms with Crippen LogP contribution in [0.1, 0.15) is 17.8 Å². The molecule has 23 heavy (non-hydrogen) atoms. The summed E-state index contributed by atoms with van der Waals surface area (Å²) in [5, 5.41) is 10.5. The molecule has 2 N–H and O–H groups in total. The van der Waals surface area contributed by atoms with Crippen LogP contribution in [0, 0.1) is 0 Å². The summed E-state index contributed by atoms with van der Waals surface area (Å²) in [5.74, 6) is 0.959. The van der Waals surface area contributed by atoms with Gasteiger partial charge in [0, 0.05) is 29.8 Å². The van der Waals surface area contributed by atoms with Gasteiger partial charge in [-0.05, 0) is 18.6 Å². The van der Waals surface area contributed by atoms with Crippen molar-refractivity contribution in [1.82, 2.24) is 20.1 Å². The van der Waals surface area contributed by atoms with Crippen molar-refractivity contribution in [3.05, 3.63) is 40.9 Å². The van der Waals surface area contributed by atoms with E-state index in [1.807, 2.05) is 4.68 Å². The number of halogens is 1. The van der Waals surface area contributed by atoms with Crippen molar-refractivity contribution in [2.75, 3.05) is 12.4 Å². The van der Waals surface area contributed by atoms with Crippen molar-refractivity contribution >= 4 is 23.3 Å². The molecule has 0 radical (unpaired) electrons. The monoisotopic (exact) mass is 335 g/mol. The number of benzene rings is 1. The van der Waals surface area contributed by atoms with Gasteiger partial charge in [-0.3, -0.25) is 0 Å². The van der Waals surface area contributed by atoms with Crippen LogP contribution in [0.15, 0.2) is 24.5 Å². The number of methoxy groups -OCH3 is 1. The fourth-order valence-electron chi connectivity index (χ4n) is 2.67. The van der Waals surface area contributed by atoms with Crippen LogP contribution in [0.25, 0.3) is 0 Å². The molecule has 122 valence electrons. The Morgan fingerprint density at radius 1 is 1.52 bits per heavy atom. The summed E-state index contributed by atoms with van der Waals surface area (Å²) >= 11 is 6.16. The highest BCUT2D eigenvalue weighted by Crippen LogP contribution is 2.25. The van der Waals surface area contributed by atoms with Gasteiger partial charge in [-0.2, -0.15) is 5.10 Å². The molecule has 0 saturated heterocycles. The Labute approximate surface area is 139 Å². The van der Waals surface area contributed by atoms with E-state index in [-0.39, 0.29) is 12.1 Å². The molecule has 1 aromatic heterocycles. The number of urea groups is 1. The first-order valence-corrected chi connectivity index (χ1v) is 7.75. The number of ether oxygens (including phenoxy) is 1. The Bertz CT molecular complexity index is 703. The fourth-order valence-corrected chi connectivity index (χ4v) is 2.90. The van der Waals surface area contributed by atoms with Crippen LogP contribution in [0.3, 0.4) is 0 Å². The average Bonchev–Trinajstić information content (AvgIpc) is 2.98. The predicted octanol–water partition coefficient (Wildman–Crippen LogP) is 2.21. The highest BCUT2D eigenvalue weighted by Gasteiger charge is 2.21. The number of anilines is 1. The van der Waals surface area contributed by atoms with Crippen LogP contribution in [0.5, 0.6) is 0 Å². The first kappa shape index (κ1) is 15.8. The van der Waals surface area contributed by atoms with Crippen molar-refractivity contribution < 1.29 is 9.53 Å². The number of rotatable bonds is 4. The topological polar surface area (TPSA) is 81.1 Å². The summed E-state index contributed by atoms with van der Waals surface area (Å²) in [7, 11) is 1.59. The molecule has 1 aliphatic rings. The van der Waals surface area contributed by atoms with Gasteiger partial charge in [-0.15, -0.1) is 0 Å². The number of hydrogen-bond acceptors (Lipinski definition) is 4. The van der Waals surface area contributed by atoms with Crippen LogP contribution < -0.4 is 10.6 Å². The van der Waals surface area contributed by atoms with E-state index in [1.165, 1.54) is 0 Å². The van der Waals surface area contributed by atoms with Gasteiger partial charge in [0.15, 0.2) is 0 Å². The molecule has 0 unspecified atom stereocenters. The lowest BCUT2D eigenvalue weighted by Gasteiger charge is -2.24. The summed E-state index contributed by atoms with van der Waals surface area (Å²) in [6.07, 6.45) is 3.18. The van der Waals surface area contributed by atoms with Crippen molar-refractivity contribution in [3.8, 4) is 0 Å². The predicted molar refractivity (Wildman–Crippen MR) is 86.5 cm³/mol. The summed E-state index contributed by atoms with van der Waals surface area (Å²) in [4.78, 5) is 16.4. The fraction of sp³-hybridized carbons (Fsp3) is 0.400. The van der Waals surface area contributed by atoms with Crippen LogP contribution in [0.4, 0.5) is 10.5 Å². The first-order chi connectivity index (χ1) is 11.2. The maximum Gasteiger partial charge on any atom is 0.319 e. The number of nitrogens with zero attached hydrogens (tertiary/aromatic N) is 3. The van der Waals surface area contributed by atoms with E-state index in [4.69, 9.17) is 16.3 Å². The number of nitrogens with one attached hydrogen (secondary N) is 2. The van der Waals surface area contributed by atoms with E-state index < -0.39 is 0 Å². The van der Waals surface area contributed by atoms with E-state index in [1.54, 1.807) is 31.6 Å². The molecule has 3 rings (SSSR count). The van der Waals surface area contributed by atoms with Gasteiger partial charge < -0.3 is 15.4 Å². The molecule has 0 bridgehead atoms. The Balaban J connectivity index is 1.63. The summed E-state index contributed by atoms with van der Waals surface area (Å²) in [6.45, 7) is 0.963. The smallest absolute Gasteiger partial charge is 0.319 e. The second-order valence-corrected chi connectivity index (χ2v) is 5.80. The lowest BCUT2D eigenvalue weighted by atomic mass is 10.1. The SMILES string of the molecule is COCc1c(Cl)cccc1NC(=O)N[C@@H]1CCc2ncnn2C1. The van der Waals surface area contributed by atoms with E-state index in [2.05, 4.69) is 20.7 Å². The maximum atomic E-state index is 12.2. The number of amides is 2. The zero-order valence-electron chi connectivity index (χ0n) is 12.8. The van der Waals surface area contributed by atoms with Gasteiger partial charge in [-0.1, -0.05) is 17.7 Å². The Morgan fingerprint density at radius 2 is 2.39 bits per heavy atom. The van der Waals surface area contributed by atoms with E-state index >= 15 is 0 Å². The molecule has 0 spiro atoms. The highest BCUT2D eigenvalue weighted by atomic mass is 35.5. The minimum atomic E-state index is -0.266. The van der Waals surface area contributed by atoms with Gasteiger partial charge >= 0.3 is 6.03 Å². The Kier molecular flexibility index (Phi) is 4.78. The lowest BCUT2D eigenvalue weighted by Crippen LogP contribution is -2.43. The van der Waals surface area contributed by atoms with Crippen molar-refractivity contribution in [3.63, 3.8) is 0 Å². The molecule has 1 atom stereocenters. The van der Waals surface area contributed by atoms with Gasteiger partial charge in [0.25, 0.3) is 0 Å². The number of carbonyl (C=O) groups excluding carboxylic acids is 1. The molecule has 2 heterocycles. The summed E-state index contributed by atoms with van der Waals surface area (Å²) in [6, 6.07) is 5.12. The molecule has 0 saturated carbocycles. The number of aryl methyl sites for hydroxylation is 1. The molecular formula is C15H18ClN5O2. The minimum Gasteiger partial charge on any atom is -0.380 e. The number of aromatic nitrogens is 3. The van der Waals surface area contributed by atoms with Crippen LogP contribution >= 0.6 is 11.6 Å². The largest absolute Gasteiger partial charge is 0.380 e. The zero-order valence-corrected chi connectivity index (χ0v) is 13.5.